The molecule has 0 saturated heterocycles. The second-order valence-electron chi connectivity index (χ2n) is 4.56. The standard InChI is InChI=1S/C13H13Cl2N3O2/c1-9(19)13(2,6-18-8-16-7-17-18)20-12-4-3-10(14)5-11(12)15/h3-5,7-8H,6H2,1-2H3. The van der Waals surface area contributed by atoms with Gasteiger partial charge in [0.05, 0.1) is 11.6 Å². The van der Waals surface area contributed by atoms with Gasteiger partial charge in [-0.2, -0.15) is 5.10 Å². The van der Waals surface area contributed by atoms with Crippen LogP contribution in [0.25, 0.3) is 0 Å². The van der Waals surface area contributed by atoms with Gasteiger partial charge in [0.2, 0.25) is 0 Å². The van der Waals surface area contributed by atoms with E-state index < -0.39 is 5.60 Å². The second-order valence-corrected chi connectivity index (χ2v) is 5.40. The minimum absolute atomic E-state index is 0.140. The first-order valence-electron chi connectivity index (χ1n) is 5.88. The highest BCUT2D eigenvalue weighted by Gasteiger charge is 2.34. The Morgan fingerprint density at radius 1 is 1.45 bits per heavy atom. The maximum Gasteiger partial charge on any atom is 0.183 e. The molecule has 1 aromatic heterocycles. The summed E-state index contributed by atoms with van der Waals surface area (Å²) in [7, 11) is 0. The van der Waals surface area contributed by atoms with E-state index in [0.717, 1.165) is 0 Å². The zero-order valence-corrected chi connectivity index (χ0v) is 12.5. The molecule has 7 heteroatoms. The van der Waals surface area contributed by atoms with Crippen molar-refractivity contribution in [1.82, 2.24) is 14.8 Å². The fourth-order valence-corrected chi connectivity index (χ4v) is 2.09. The van der Waals surface area contributed by atoms with Crippen LogP contribution in [0.3, 0.4) is 0 Å². The fraction of sp³-hybridized carbons (Fsp3) is 0.308. The molecule has 0 fully saturated rings. The normalized spacial score (nSPS) is 13.8. The molecule has 0 aliphatic rings. The smallest absolute Gasteiger partial charge is 0.183 e. The molecule has 20 heavy (non-hydrogen) atoms. The van der Waals surface area contributed by atoms with E-state index in [1.54, 1.807) is 25.1 Å². The van der Waals surface area contributed by atoms with Crippen molar-refractivity contribution in [2.24, 2.45) is 0 Å². The summed E-state index contributed by atoms with van der Waals surface area (Å²) >= 11 is 11.9. The Bertz CT molecular complexity index is 616. The van der Waals surface area contributed by atoms with Gasteiger partial charge in [0.15, 0.2) is 11.4 Å². The molecule has 1 heterocycles. The predicted octanol–water partition coefficient (Wildman–Crippen LogP) is 3.01. The molecule has 0 aliphatic carbocycles. The number of rotatable bonds is 5. The Labute approximate surface area is 126 Å². The third-order valence-corrected chi connectivity index (χ3v) is 3.43. The molecular weight excluding hydrogens is 301 g/mol. The van der Waals surface area contributed by atoms with E-state index in [9.17, 15) is 4.79 Å². The lowest BCUT2D eigenvalue weighted by molar-refractivity contribution is -0.132. The fourth-order valence-electron chi connectivity index (χ4n) is 1.64. The number of Topliss-reactive ketones (excluding diaryl/α,β-unsaturated/α-hetero) is 1. The van der Waals surface area contributed by atoms with E-state index in [4.69, 9.17) is 27.9 Å². The molecule has 2 rings (SSSR count). The van der Waals surface area contributed by atoms with Crippen LogP contribution in [0.5, 0.6) is 5.75 Å². The molecule has 2 aromatic rings. The van der Waals surface area contributed by atoms with Gasteiger partial charge in [0.25, 0.3) is 0 Å². The summed E-state index contributed by atoms with van der Waals surface area (Å²) in [6.45, 7) is 3.38. The number of carbonyl (C=O) groups excluding carboxylic acids is 1. The molecule has 0 radical (unpaired) electrons. The minimum Gasteiger partial charge on any atom is -0.476 e. The number of benzene rings is 1. The van der Waals surface area contributed by atoms with Crippen LogP contribution in [0.15, 0.2) is 30.9 Å². The summed E-state index contributed by atoms with van der Waals surface area (Å²) in [6.07, 6.45) is 2.92. The van der Waals surface area contributed by atoms with Crippen molar-refractivity contribution in [2.45, 2.75) is 26.0 Å². The maximum atomic E-state index is 11.9. The predicted molar refractivity (Wildman–Crippen MR) is 76.2 cm³/mol. The third-order valence-electron chi connectivity index (χ3n) is 2.90. The van der Waals surface area contributed by atoms with E-state index >= 15 is 0 Å². The monoisotopic (exact) mass is 313 g/mol. The Morgan fingerprint density at radius 3 is 2.75 bits per heavy atom. The molecule has 0 N–H and O–H groups in total. The van der Waals surface area contributed by atoms with Gasteiger partial charge in [-0.3, -0.25) is 4.79 Å². The quantitative estimate of drug-likeness (QED) is 0.851. The van der Waals surface area contributed by atoms with Crippen LogP contribution >= 0.6 is 23.2 Å². The summed E-state index contributed by atoms with van der Waals surface area (Å²) in [5.41, 5.74) is -1.09. The average Bonchev–Trinajstić information content (AvgIpc) is 2.85. The lowest BCUT2D eigenvalue weighted by Gasteiger charge is -2.28. The molecule has 0 saturated carbocycles. The van der Waals surface area contributed by atoms with Gasteiger partial charge in [-0.05, 0) is 32.0 Å². The molecule has 0 bridgehead atoms. The van der Waals surface area contributed by atoms with Gasteiger partial charge in [-0.15, -0.1) is 0 Å². The summed E-state index contributed by atoms with van der Waals surface area (Å²) in [6, 6.07) is 4.85. The van der Waals surface area contributed by atoms with Crippen LogP contribution in [-0.2, 0) is 11.3 Å². The van der Waals surface area contributed by atoms with E-state index in [0.29, 0.717) is 15.8 Å². The number of halogens is 2. The number of ketones is 1. The number of aromatic nitrogens is 3. The summed E-state index contributed by atoms with van der Waals surface area (Å²) in [4.78, 5) is 15.8. The van der Waals surface area contributed by atoms with Crippen molar-refractivity contribution in [2.75, 3.05) is 0 Å². The van der Waals surface area contributed by atoms with Gasteiger partial charge in [0, 0.05) is 5.02 Å². The van der Waals surface area contributed by atoms with Gasteiger partial charge >= 0.3 is 0 Å². The van der Waals surface area contributed by atoms with E-state index in [-0.39, 0.29) is 12.3 Å². The lowest BCUT2D eigenvalue weighted by Crippen LogP contribution is -2.44. The Morgan fingerprint density at radius 2 is 2.20 bits per heavy atom. The largest absolute Gasteiger partial charge is 0.476 e. The Balaban J connectivity index is 2.27. The second kappa shape index (κ2) is 5.81. The lowest BCUT2D eigenvalue weighted by atomic mass is 10.0. The van der Waals surface area contributed by atoms with Gasteiger partial charge in [-0.1, -0.05) is 23.2 Å². The SMILES string of the molecule is CC(=O)C(C)(Cn1cncn1)Oc1ccc(Cl)cc1Cl. The molecule has 0 aliphatic heterocycles. The zero-order valence-electron chi connectivity index (χ0n) is 11.0. The van der Waals surface area contributed by atoms with E-state index in [1.807, 2.05) is 0 Å². The first-order valence-corrected chi connectivity index (χ1v) is 6.64. The van der Waals surface area contributed by atoms with Gasteiger partial charge < -0.3 is 4.74 Å². The zero-order chi connectivity index (χ0) is 14.8. The molecule has 1 unspecified atom stereocenters. The highest BCUT2D eigenvalue weighted by Crippen LogP contribution is 2.31. The van der Waals surface area contributed by atoms with Gasteiger partial charge in [0.1, 0.15) is 18.4 Å². The van der Waals surface area contributed by atoms with Crippen molar-refractivity contribution < 1.29 is 9.53 Å². The van der Waals surface area contributed by atoms with Crippen molar-refractivity contribution >= 4 is 29.0 Å². The number of hydrogen-bond donors (Lipinski definition) is 0. The number of carbonyl (C=O) groups is 1. The highest BCUT2D eigenvalue weighted by molar-refractivity contribution is 6.35. The first-order chi connectivity index (χ1) is 9.40. The topological polar surface area (TPSA) is 57.0 Å². The maximum absolute atomic E-state index is 11.9. The van der Waals surface area contributed by atoms with Crippen LogP contribution < -0.4 is 4.74 Å². The van der Waals surface area contributed by atoms with Gasteiger partial charge in [-0.25, -0.2) is 9.67 Å². The molecule has 106 valence electrons. The summed E-state index contributed by atoms with van der Waals surface area (Å²) < 4.78 is 7.33. The van der Waals surface area contributed by atoms with Crippen LogP contribution in [-0.4, -0.2) is 26.1 Å². The molecule has 1 atom stereocenters. The van der Waals surface area contributed by atoms with Crippen LogP contribution in [0.4, 0.5) is 0 Å². The molecule has 0 spiro atoms. The number of hydrogen-bond acceptors (Lipinski definition) is 4. The summed E-state index contributed by atoms with van der Waals surface area (Å²) in [5, 5.41) is 4.83. The van der Waals surface area contributed by atoms with Crippen LogP contribution in [0.2, 0.25) is 10.0 Å². The number of nitrogens with zero attached hydrogens (tertiary/aromatic N) is 3. The Hall–Kier alpha value is -1.59. The molecular formula is C13H13Cl2N3O2. The summed E-state index contributed by atoms with van der Waals surface area (Å²) in [5.74, 6) is 0.257. The highest BCUT2D eigenvalue weighted by atomic mass is 35.5. The molecule has 0 amide bonds. The average molecular weight is 314 g/mol. The Kier molecular flexibility index (Phi) is 4.30. The van der Waals surface area contributed by atoms with Crippen molar-refractivity contribution in [1.29, 1.82) is 0 Å². The van der Waals surface area contributed by atoms with Crippen molar-refractivity contribution in [3.05, 3.63) is 40.9 Å². The third kappa shape index (κ3) is 3.29. The van der Waals surface area contributed by atoms with Crippen LogP contribution in [0.1, 0.15) is 13.8 Å². The van der Waals surface area contributed by atoms with Crippen molar-refractivity contribution in [3.63, 3.8) is 0 Å². The molecule has 5 nitrogen and oxygen atoms in total. The van der Waals surface area contributed by atoms with Crippen LogP contribution in [0, 0.1) is 0 Å². The van der Waals surface area contributed by atoms with E-state index in [2.05, 4.69) is 10.1 Å². The van der Waals surface area contributed by atoms with E-state index in [1.165, 1.54) is 24.3 Å². The molecule has 1 aromatic carbocycles. The number of ether oxygens (including phenoxy) is 1. The minimum atomic E-state index is -1.09. The van der Waals surface area contributed by atoms with Crippen molar-refractivity contribution in [3.8, 4) is 5.75 Å². The first kappa shape index (κ1) is 14.8.